The molecule has 0 aliphatic heterocycles. The van der Waals surface area contributed by atoms with Gasteiger partial charge in [-0.2, -0.15) is 0 Å². The Kier molecular flexibility index (Phi) is 4.81. The summed E-state index contributed by atoms with van der Waals surface area (Å²) < 4.78 is 10.2. The Balaban J connectivity index is 1.86. The second-order valence-electron chi connectivity index (χ2n) is 4.20. The molecule has 0 amide bonds. The van der Waals surface area contributed by atoms with Gasteiger partial charge in [-0.15, -0.1) is 0 Å². The van der Waals surface area contributed by atoms with E-state index in [4.69, 9.17) is 9.47 Å². The van der Waals surface area contributed by atoms with Crippen molar-refractivity contribution < 1.29 is 24.0 Å². The summed E-state index contributed by atoms with van der Waals surface area (Å²) in [5.74, 6) is -0.0149. The molecule has 0 saturated heterocycles. The van der Waals surface area contributed by atoms with Gasteiger partial charge in [-0.25, -0.2) is 4.79 Å². The van der Waals surface area contributed by atoms with E-state index in [1.807, 2.05) is 0 Å². The van der Waals surface area contributed by atoms with Crippen LogP contribution in [-0.4, -0.2) is 23.8 Å². The smallest absolute Gasteiger partial charge is 0.349 e. The third kappa shape index (κ3) is 4.14. The molecule has 0 aliphatic carbocycles. The highest BCUT2D eigenvalue weighted by Gasteiger charge is 2.08. The Morgan fingerprint density at radius 3 is 2.18 bits per heavy atom. The summed E-state index contributed by atoms with van der Waals surface area (Å²) in [5, 5.41) is 10.5. The lowest BCUT2D eigenvalue weighted by Gasteiger charge is -2.06. The van der Waals surface area contributed by atoms with Crippen LogP contribution in [0.2, 0.25) is 0 Å². The molecule has 0 unspecified atom stereocenters. The number of carbonyl (C=O) groups excluding carboxylic acids is 2. The summed E-state index contributed by atoms with van der Waals surface area (Å²) in [6.07, 6.45) is 0.684. The summed E-state index contributed by atoms with van der Waals surface area (Å²) >= 11 is 0. The average molecular weight is 301 g/mol. The average Bonchev–Trinajstić information content (AvgIpc) is 2.54. The lowest BCUT2D eigenvalue weighted by molar-refractivity contribution is -0.384. The lowest BCUT2D eigenvalue weighted by Crippen LogP contribution is -2.17. The van der Waals surface area contributed by atoms with Crippen LogP contribution in [0.15, 0.2) is 48.5 Å². The van der Waals surface area contributed by atoms with Crippen LogP contribution in [0, 0.1) is 10.1 Å². The van der Waals surface area contributed by atoms with Crippen LogP contribution >= 0.6 is 0 Å². The maximum atomic E-state index is 11.6. The van der Waals surface area contributed by atoms with E-state index >= 15 is 0 Å². The number of hydrogen-bond acceptors (Lipinski definition) is 6. The van der Waals surface area contributed by atoms with Crippen LogP contribution in [-0.2, 0) is 4.79 Å². The molecule has 0 fully saturated rings. The molecule has 0 spiro atoms. The number of ether oxygens (including phenoxy) is 2. The van der Waals surface area contributed by atoms with Crippen LogP contribution in [0.3, 0.4) is 0 Å². The molecular weight excluding hydrogens is 290 g/mol. The quantitative estimate of drug-likeness (QED) is 0.267. The Morgan fingerprint density at radius 1 is 1.05 bits per heavy atom. The summed E-state index contributed by atoms with van der Waals surface area (Å²) in [5.41, 5.74) is 0.409. The first kappa shape index (κ1) is 15.2. The van der Waals surface area contributed by atoms with Crippen LogP contribution in [0.4, 0.5) is 5.69 Å². The Bertz CT molecular complexity index is 678. The van der Waals surface area contributed by atoms with E-state index in [2.05, 4.69) is 0 Å². The van der Waals surface area contributed by atoms with Gasteiger partial charge in [0.1, 0.15) is 17.8 Å². The van der Waals surface area contributed by atoms with Crippen molar-refractivity contribution in [2.24, 2.45) is 0 Å². The van der Waals surface area contributed by atoms with Crippen LogP contribution in [0.1, 0.15) is 10.4 Å². The molecular formula is C15H11NO6. The molecule has 2 aromatic carbocycles. The number of esters is 1. The highest BCUT2D eigenvalue weighted by molar-refractivity contribution is 5.76. The maximum absolute atomic E-state index is 11.6. The Morgan fingerprint density at radius 2 is 1.64 bits per heavy atom. The van der Waals surface area contributed by atoms with Crippen molar-refractivity contribution in [1.82, 2.24) is 0 Å². The fourth-order valence-corrected chi connectivity index (χ4v) is 1.58. The van der Waals surface area contributed by atoms with Crippen molar-refractivity contribution in [2.75, 3.05) is 6.61 Å². The van der Waals surface area contributed by atoms with Gasteiger partial charge in [0, 0.05) is 17.7 Å². The number of hydrogen-bond donors (Lipinski definition) is 0. The number of aldehydes is 1. The number of carbonyl (C=O) groups is 2. The number of rotatable bonds is 6. The number of benzene rings is 2. The van der Waals surface area contributed by atoms with Crippen molar-refractivity contribution in [2.45, 2.75) is 0 Å². The molecule has 0 atom stereocenters. The summed E-state index contributed by atoms with van der Waals surface area (Å²) in [7, 11) is 0. The summed E-state index contributed by atoms with van der Waals surface area (Å²) in [6.45, 7) is -0.340. The van der Waals surface area contributed by atoms with Gasteiger partial charge in [0.15, 0.2) is 6.61 Å². The maximum Gasteiger partial charge on any atom is 0.349 e. The third-order valence-electron chi connectivity index (χ3n) is 2.65. The molecule has 7 heteroatoms. The highest BCUT2D eigenvalue weighted by Crippen LogP contribution is 2.17. The first-order chi connectivity index (χ1) is 10.6. The van der Waals surface area contributed by atoms with Gasteiger partial charge < -0.3 is 9.47 Å². The molecule has 2 aromatic rings. The van der Waals surface area contributed by atoms with Crippen LogP contribution in [0.25, 0.3) is 0 Å². The van der Waals surface area contributed by atoms with E-state index in [1.54, 1.807) is 0 Å². The molecule has 0 radical (unpaired) electrons. The van der Waals surface area contributed by atoms with E-state index in [0.29, 0.717) is 23.3 Å². The van der Waals surface area contributed by atoms with Crippen LogP contribution < -0.4 is 9.47 Å². The Hall–Kier alpha value is -3.22. The second kappa shape index (κ2) is 6.98. The van der Waals surface area contributed by atoms with Gasteiger partial charge >= 0.3 is 5.97 Å². The SMILES string of the molecule is O=Cc1ccc(OC(=O)COc2ccc([N+](=O)[O-])cc2)cc1. The van der Waals surface area contributed by atoms with Crippen molar-refractivity contribution in [3.8, 4) is 11.5 Å². The predicted octanol–water partition coefficient (Wildman–Crippen LogP) is 2.39. The van der Waals surface area contributed by atoms with E-state index in [9.17, 15) is 19.7 Å². The number of nitrogens with zero attached hydrogens (tertiary/aromatic N) is 1. The van der Waals surface area contributed by atoms with Gasteiger partial charge in [-0.05, 0) is 36.4 Å². The standard InChI is InChI=1S/C15H11NO6/c17-9-11-1-5-14(6-2-11)22-15(18)10-21-13-7-3-12(4-8-13)16(19)20/h1-9H,10H2. The normalized spacial score (nSPS) is 9.82. The topological polar surface area (TPSA) is 95.7 Å². The van der Waals surface area contributed by atoms with Crippen molar-refractivity contribution in [1.29, 1.82) is 0 Å². The number of non-ortho nitro benzene ring substituents is 1. The Labute approximate surface area is 125 Å². The number of nitro groups is 1. The molecule has 112 valence electrons. The second-order valence-corrected chi connectivity index (χ2v) is 4.20. The van der Waals surface area contributed by atoms with E-state index in [-0.39, 0.29) is 12.3 Å². The molecule has 7 nitrogen and oxygen atoms in total. The first-order valence-corrected chi connectivity index (χ1v) is 6.21. The zero-order valence-corrected chi connectivity index (χ0v) is 11.3. The molecule has 22 heavy (non-hydrogen) atoms. The minimum absolute atomic E-state index is 0.0646. The number of nitro benzene ring substituents is 1. The first-order valence-electron chi connectivity index (χ1n) is 6.21. The molecule has 0 aliphatic rings. The minimum Gasteiger partial charge on any atom is -0.482 e. The highest BCUT2D eigenvalue weighted by atomic mass is 16.6. The van der Waals surface area contributed by atoms with Gasteiger partial charge in [-0.1, -0.05) is 0 Å². The monoisotopic (exact) mass is 301 g/mol. The van der Waals surface area contributed by atoms with Gasteiger partial charge in [0.05, 0.1) is 4.92 Å². The molecule has 2 rings (SSSR count). The zero-order valence-electron chi connectivity index (χ0n) is 11.3. The minimum atomic E-state index is -0.628. The van der Waals surface area contributed by atoms with E-state index in [0.717, 1.165) is 0 Å². The van der Waals surface area contributed by atoms with Crippen molar-refractivity contribution >= 4 is 17.9 Å². The van der Waals surface area contributed by atoms with Gasteiger partial charge in [0.25, 0.3) is 5.69 Å². The molecule has 0 saturated carbocycles. The third-order valence-corrected chi connectivity index (χ3v) is 2.65. The van der Waals surface area contributed by atoms with Gasteiger partial charge in [0.2, 0.25) is 0 Å². The molecule has 0 N–H and O–H groups in total. The van der Waals surface area contributed by atoms with Crippen LogP contribution in [0.5, 0.6) is 11.5 Å². The fourth-order valence-electron chi connectivity index (χ4n) is 1.58. The van der Waals surface area contributed by atoms with Gasteiger partial charge in [-0.3, -0.25) is 14.9 Å². The predicted molar refractivity (Wildman–Crippen MR) is 76.1 cm³/mol. The zero-order chi connectivity index (χ0) is 15.9. The van der Waals surface area contributed by atoms with Crippen molar-refractivity contribution in [3.05, 3.63) is 64.2 Å². The lowest BCUT2D eigenvalue weighted by atomic mass is 10.2. The molecule has 0 aromatic heterocycles. The summed E-state index contributed by atoms with van der Waals surface area (Å²) in [6, 6.07) is 11.4. The molecule has 0 bridgehead atoms. The van der Waals surface area contributed by atoms with Crippen molar-refractivity contribution in [3.63, 3.8) is 0 Å². The largest absolute Gasteiger partial charge is 0.482 e. The molecule has 0 heterocycles. The fraction of sp³-hybridized carbons (Fsp3) is 0.0667. The van der Waals surface area contributed by atoms with E-state index in [1.165, 1.54) is 48.5 Å². The van der Waals surface area contributed by atoms with E-state index < -0.39 is 10.9 Å². The summed E-state index contributed by atoms with van der Waals surface area (Å²) in [4.78, 5) is 32.1.